The fourth-order valence-corrected chi connectivity index (χ4v) is 3.75. The Morgan fingerprint density at radius 1 is 1.28 bits per heavy atom. The first kappa shape index (κ1) is 12.4. The minimum Gasteiger partial charge on any atom is -0.351 e. The average molecular weight is 310 g/mol. The first-order valence-corrected chi connectivity index (χ1v) is 7.76. The molecule has 2 unspecified atom stereocenters. The van der Waals surface area contributed by atoms with Gasteiger partial charge in [0.05, 0.1) is 4.47 Å². The van der Waals surface area contributed by atoms with E-state index in [4.69, 9.17) is 0 Å². The predicted molar refractivity (Wildman–Crippen MR) is 77.9 cm³/mol. The molecule has 2 saturated heterocycles. The Balaban J connectivity index is 1.85. The van der Waals surface area contributed by atoms with Crippen LogP contribution < -0.4 is 10.2 Å². The highest BCUT2D eigenvalue weighted by atomic mass is 79.9. The van der Waals surface area contributed by atoms with E-state index < -0.39 is 0 Å². The summed E-state index contributed by atoms with van der Waals surface area (Å²) >= 11 is 3.64. The summed E-state index contributed by atoms with van der Waals surface area (Å²) in [5.74, 6) is 1.12. The topological polar surface area (TPSA) is 28.2 Å². The molecule has 2 fully saturated rings. The third kappa shape index (κ3) is 2.41. The molecule has 1 N–H and O–H groups in total. The van der Waals surface area contributed by atoms with Crippen LogP contribution in [0.1, 0.15) is 32.1 Å². The molecule has 0 bridgehead atoms. The van der Waals surface area contributed by atoms with E-state index in [0.29, 0.717) is 12.1 Å². The van der Waals surface area contributed by atoms with Crippen molar-refractivity contribution in [2.45, 2.75) is 44.2 Å². The Bertz CT molecular complexity index is 404. The van der Waals surface area contributed by atoms with Crippen molar-refractivity contribution in [3.05, 3.63) is 22.8 Å². The van der Waals surface area contributed by atoms with Crippen LogP contribution in [0.4, 0.5) is 5.82 Å². The summed E-state index contributed by atoms with van der Waals surface area (Å²) in [7, 11) is 0. The van der Waals surface area contributed by atoms with Crippen LogP contribution in [0.25, 0.3) is 0 Å². The van der Waals surface area contributed by atoms with E-state index >= 15 is 0 Å². The second kappa shape index (κ2) is 5.57. The molecule has 3 rings (SSSR count). The van der Waals surface area contributed by atoms with Crippen molar-refractivity contribution in [2.24, 2.45) is 0 Å². The molecule has 2 aliphatic heterocycles. The minimum absolute atomic E-state index is 0.618. The van der Waals surface area contributed by atoms with Crippen molar-refractivity contribution in [3.8, 4) is 0 Å². The lowest BCUT2D eigenvalue weighted by Crippen LogP contribution is -2.50. The van der Waals surface area contributed by atoms with Gasteiger partial charge in [0.15, 0.2) is 0 Å². The molecule has 3 heterocycles. The molecule has 98 valence electrons. The van der Waals surface area contributed by atoms with E-state index in [1.807, 2.05) is 12.3 Å². The van der Waals surface area contributed by atoms with E-state index in [0.717, 1.165) is 16.8 Å². The minimum atomic E-state index is 0.618. The van der Waals surface area contributed by atoms with Gasteiger partial charge in [-0.1, -0.05) is 0 Å². The summed E-state index contributed by atoms with van der Waals surface area (Å²) < 4.78 is 1.12. The van der Waals surface area contributed by atoms with Gasteiger partial charge in [-0.25, -0.2) is 4.98 Å². The van der Waals surface area contributed by atoms with Gasteiger partial charge in [-0.3, -0.25) is 0 Å². The van der Waals surface area contributed by atoms with Crippen molar-refractivity contribution in [3.63, 3.8) is 0 Å². The summed E-state index contributed by atoms with van der Waals surface area (Å²) in [5, 5.41) is 3.66. The van der Waals surface area contributed by atoms with Gasteiger partial charge in [-0.2, -0.15) is 0 Å². The maximum absolute atomic E-state index is 4.57. The number of nitrogens with zero attached hydrogens (tertiary/aromatic N) is 2. The second-order valence-electron chi connectivity index (χ2n) is 5.27. The fourth-order valence-electron chi connectivity index (χ4n) is 3.27. The second-order valence-corrected chi connectivity index (χ2v) is 6.12. The molecule has 0 spiro atoms. The Hall–Kier alpha value is -0.610. The van der Waals surface area contributed by atoms with Crippen LogP contribution in [0.3, 0.4) is 0 Å². The number of anilines is 1. The Morgan fingerprint density at radius 3 is 3.00 bits per heavy atom. The molecule has 0 saturated carbocycles. The molecule has 2 atom stereocenters. The highest BCUT2D eigenvalue weighted by Gasteiger charge is 2.32. The van der Waals surface area contributed by atoms with Gasteiger partial charge in [-0.15, -0.1) is 0 Å². The number of piperidine rings is 1. The van der Waals surface area contributed by atoms with Crippen molar-refractivity contribution >= 4 is 21.7 Å². The van der Waals surface area contributed by atoms with Crippen LogP contribution in [0.2, 0.25) is 0 Å². The zero-order chi connectivity index (χ0) is 12.4. The van der Waals surface area contributed by atoms with Gasteiger partial charge in [0.1, 0.15) is 5.82 Å². The molecule has 4 heteroatoms. The molecule has 0 radical (unpaired) electrons. The number of hydrogen-bond donors (Lipinski definition) is 1. The first-order chi connectivity index (χ1) is 8.86. The van der Waals surface area contributed by atoms with Gasteiger partial charge in [0.2, 0.25) is 0 Å². The Labute approximate surface area is 117 Å². The van der Waals surface area contributed by atoms with Crippen LogP contribution in [-0.4, -0.2) is 30.2 Å². The highest BCUT2D eigenvalue weighted by molar-refractivity contribution is 9.10. The van der Waals surface area contributed by atoms with E-state index in [9.17, 15) is 0 Å². The maximum Gasteiger partial charge on any atom is 0.143 e. The van der Waals surface area contributed by atoms with Gasteiger partial charge in [-0.05, 0) is 66.7 Å². The van der Waals surface area contributed by atoms with Crippen molar-refractivity contribution in [2.75, 3.05) is 18.0 Å². The van der Waals surface area contributed by atoms with Gasteiger partial charge >= 0.3 is 0 Å². The summed E-state index contributed by atoms with van der Waals surface area (Å²) in [6, 6.07) is 5.35. The lowest BCUT2D eigenvalue weighted by atomic mass is 9.94. The standard InChI is InChI=1S/C14H20BrN3/c15-11-5-3-9-17-14(11)18-10-2-1-7-13(18)12-6-4-8-16-12/h3,5,9,12-13,16H,1-2,4,6-8,10H2. The lowest BCUT2D eigenvalue weighted by Gasteiger charge is -2.40. The van der Waals surface area contributed by atoms with Crippen LogP contribution in [0.15, 0.2) is 22.8 Å². The van der Waals surface area contributed by atoms with Crippen molar-refractivity contribution < 1.29 is 0 Å². The van der Waals surface area contributed by atoms with Crippen LogP contribution in [-0.2, 0) is 0 Å². The third-order valence-corrected chi connectivity index (χ3v) is 4.74. The van der Waals surface area contributed by atoms with Crippen LogP contribution in [0.5, 0.6) is 0 Å². The maximum atomic E-state index is 4.57. The molecule has 1 aromatic heterocycles. The quantitative estimate of drug-likeness (QED) is 0.910. The molecule has 2 aliphatic rings. The van der Waals surface area contributed by atoms with Crippen LogP contribution in [0, 0.1) is 0 Å². The number of rotatable bonds is 2. The molecule has 0 aliphatic carbocycles. The molecule has 18 heavy (non-hydrogen) atoms. The molecular weight excluding hydrogens is 290 g/mol. The highest BCUT2D eigenvalue weighted by Crippen LogP contribution is 2.32. The molecule has 0 amide bonds. The number of hydrogen-bond acceptors (Lipinski definition) is 3. The number of halogens is 1. The zero-order valence-electron chi connectivity index (χ0n) is 10.6. The first-order valence-electron chi connectivity index (χ1n) is 6.97. The molecule has 3 nitrogen and oxygen atoms in total. The lowest BCUT2D eigenvalue weighted by molar-refractivity contribution is 0.376. The summed E-state index contributed by atoms with van der Waals surface area (Å²) in [5.41, 5.74) is 0. The Kier molecular flexibility index (Phi) is 3.85. The SMILES string of the molecule is Brc1cccnc1N1CCCCC1C1CCCN1. The number of aromatic nitrogens is 1. The number of pyridine rings is 1. The van der Waals surface area contributed by atoms with Crippen molar-refractivity contribution in [1.82, 2.24) is 10.3 Å². The Morgan fingerprint density at radius 2 is 2.22 bits per heavy atom. The van der Waals surface area contributed by atoms with Crippen molar-refractivity contribution in [1.29, 1.82) is 0 Å². The smallest absolute Gasteiger partial charge is 0.143 e. The fraction of sp³-hybridized carbons (Fsp3) is 0.643. The number of nitrogens with one attached hydrogen (secondary N) is 1. The largest absolute Gasteiger partial charge is 0.351 e. The van der Waals surface area contributed by atoms with Gasteiger partial charge in [0, 0.05) is 24.8 Å². The van der Waals surface area contributed by atoms with Gasteiger partial charge in [0.25, 0.3) is 0 Å². The van der Waals surface area contributed by atoms with E-state index in [1.54, 1.807) is 0 Å². The van der Waals surface area contributed by atoms with E-state index in [1.165, 1.54) is 38.6 Å². The normalized spacial score (nSPS) is 28.6. The molecule has 1 aromatic rings. The predicted octanol–water partition coefficient (Wildman–Crippen LogP) is 2.96. The average Bonchev–Trinajstić information content (AvgIpc) is 2.93. The van der Waals surface area contributed by atoms with E-state index in [-0.39, 0.29) is 0 Å². The van der Waals surface area contributed by atoms with Gasteiger partial charge < -0.3 is 10.2 Å². The summed E-state index contributed by atoms with van der Waals surface area (Å²) in [6.07, 6.45) is 8.45. The van der Waals surface area contributed by atoms with Crippen LogP contribution >= 0.6 is 15.9 Å². The summed E-state index contributed by atoms with van der Waals surface area (Å²) in [4.78, 5) is 7.09. The molecule has 0 aromatic carbocycles. The monoisotopic (exact) mass is 309 g/mol. The third-order valence-electron chi connectivity index (χ3n) is 4.12. The van der Waals surface area contributed by atoms with E-state index in [2.05, 4.69) is 37.2 Å². The molecular formula is C14H20BrN3. The zero-order valence-corrected chi connectivity index (χ0v) is 12.2. The summed E-state index contributed by atoms with van der Waals surface area (Å²) in [6.45, 7) is 2.32.